The Morgan fingerprint density at radius 1 is 1.16 bits per heavy atom. The highest BCUT2D eigenvalue weighted by atomic mass is 32.2. The number of amides is 1. The number of carboxylic acid groups (broad SMARTS) is 1. The van der Waals surface area contributed by atoms with Crippen LogP contribution in [-0.4, -0.2) is 47.3 Å². The van der Waals surface area contributed by atoms with Crippen molar-refractivity contribution >= 4 is 21.7 Å². The van der Waals surface area contributed by atoms with Crippen LogP contribution in [0.15, 0.2) is 18.2 Å². The second-order valence-corrected chi connectivity index (χ2v) is 9.32. The van der Waals surface area contributed by atoms with Crippen molar-refractivity contribution in [2.24, 2.45) is 0 Å². The third-order valence-electron chi connectivity index (χ3n) is 3.55. The summed E-state index contributed by atoms with van der Waals surface area (Å²) in [6.45, 7) is 3.89. The molecule has 0 saturated heterocycles. The van der Waals surface area contributed by atoms with Crippen LogP contribution in [0.2, 0.25) is 0 Å². The first kappa shape index (κ1) is 21.0. The first-order chi connectivity index (χ1) is 11.3. The molecule has 0 aromatic heterocycles. The minimum atomic E-state index is -3.76. The maximum absolute atomic E-state index is 13.3. The topological polar surface area (TPSA) is 91.8 Å². The minimum absolute atomic E-state index is 0.219. The first-order valence-electron chi connectivity index (χ1n) is 7.49. The van der Waals surface area contributed by atoms with Crippen molar-refractivity contribution in [3.63, 3.8) is 0 Å². The van der Waals surface area contributed by atoms with Gasteiger partial charge in [0.1, 0.15) is 5.75 Å². The van der Waals surface area contributed by atoms with Gasteiger partial charge in [-0.1, -0.05) is 6.07 Å². The van der Waals surface area contributed by atoms with Crippen LogP contribution >= 0.6 is 0 Å². The zero-order valence-electron chi connectivity index (χ0n) is 14.3. The Kier molecular flexibility index (Phi) is 6.64. The molecule has 1 aromatic rings. The fraction of sp³-hybridized carbons (Fsp3) is 0.500. The molecule has 0 bridgehead atoms. The Balaban J connectivity index is 3.01. The van der Waals surface area contributed by atoms with Crippen molar-refractivity contribution in [2.45, 2.75) is 38.5 Å². The molecule has 6 nitrogen and oxygen atoms in total. The van der Waals surface area contributed by atoms with E-state index in [0.717, 1.165) is 17.0 Å². The predicted molar refractivity (Wildman–Crippen MR) is 87.6 cm³/mol. The Bertz CT molecular complexity index is 756. The van der Waals surface area contributed by atoms with Crippen LogP contribution in [0.3, 0.4) is 0 Å². The molecule has 0 saturated carbocycles. The second kappa shape index (κ2) is 7.90. The Morgan fingerprint density at radius 3 is 2.24 bits per heavy atom. The van der Waals surface area contributed by atoms with Gasteiger partial charge in [-0.3, -0.25) is 9.59 Å². The van der Waals surface area contributed by atoms with Gasteiger partial charge in [0.15, 0.2) is 21.5 Å². The second-order valence-electron chi connectivity index (χ2n) is 6.58. The molecule has 0 heterocycles. The van der Waals surface area contributed by atoms with Gasteiger partial charge in [0.05, 0.1) is 11.2 Å². The van der Waals surface area contributed by atoms with Crippen molar-refractivity contribution in [1.29, 1.82) is 0 Å². The summed E-state index contributed by atoms with van der Waals surface area (Å²) in [6, 6.07) is 3.02. The van der Waals surface area contributed by atoms with E-state index >= 15 is 0 Å². The molecule has 0 fully saturated rings. The molecule has 1 rings (SSSR count). The number of carbonyl (C=O) groups is 2. The van der Waals surface area contributed by atoms with Gasteiger partial charge < -0.3 is 10.0 Å². The van der Waals surface area contributed by atoms with Crippen LogP contribution < -0.4 is 0 Å². The minimum Gasteiger partial charge on any atom is -0.481 e. The van der Waals surface area contributed by atoms with Gasteiger partial charge in [0, 0.05) is 13.1 Å². The van der Waals surface area contributed by atoms with Gasteiger partial charge in [0.25, 0.3) is 0 Å². The predicted octanol–water partition coefficient (Wildman–Crippen LogP) is 1.98. The molecule has 25 heavy (non-hydrogen) atoms. The maximum atomic E-state index is 13.3. The van der Waals surface area contributed by atoms with Gasteiger partial charge in [-0.25, -0.2) is 17.2 Å². The summed E-state index contributed by atoms with van der Waals surface area (Å²) < 4.78 is 49.5. The zero-order chi connectivity index (χ0) is 19.4. The third kappa shape index (κ3) is 6.08. The lowest BCUT2D eigenvalue weighted by molar-refractivity contribution is -0.138. The molecule has 0 aliphatic carbocycles. The number of benzene rings is 1. The smallest absolute Gasteiger partial charge is 0.305 e. The number of hydrogen-bond acceptors (Lipinski definition) is 4. The molecule has 1 amide bonds. The van der Waals surface area contributed by atoms with E-state index in [-0.39, 0.29) is 18.7 Å². The summed E-state index contributed by atoms with van der Waals surface area (Å²) in [5, 5.41) is 8.79. The number of carboxylic acids is 1. The monoisotopic (exact) mass is 377 g/mol. The van der Waals surface area contributed by atoms with Gasteiger partial charge >= 0.3 is 5.97 Å². The zero-order valence-corrected chi connectivity index (χ0v) is 15.1. The van der Waals surface area contributed by atoms with Gasteiger partial charge in [0.2, 0.25) is 5.91 Å². The van der Waals surface area contributed by atoms with Crippen molar-refractivity contribution in [3.8, 4) is 0 Å². The van der Waals surface area contributed by atoms with E-state index in [2.05, 4.69) is 0 Å². The fourth-order valence-corrected chi connectivity index (χ4v) is 2.79. The van der Waals surface area contributed by atoms with E-state index in [4.69, 9.17) is 5.11 Å². The molecule has 0 radical (unpaired) electrons. The normalized spacial score (nSPS) is 12.0. The molecule has 1 N–H and O–H groups in total. The van der Waals surface area contributed by atoms with Crippen LogP contribution in [0.5, 0.6) is 0 Å². The number of aliphatic carboxylic acids is 1. The molecule has 0 aliphatic heterocycles. The Morgan fingerprint density at radius 2 is 1.76 bits per heavy atom. The van der Waals surface area contributed by atoms with Crippen LogP contribution in [0, 0.1) is 11.6 Å². The lowest BCUT2D eigenvalue weighted by Gasteiger charge is -2.25. The summed E-state index contributed by atoms with van der Waals surface area (Å²) in [5.74, 6) is -4.91. The highest BCUT2D eigenvalue weighted by molar-refractivity contribution is 7.93. The SMILES string of the molecule is CC(C)(C)S(=O)(=O)CC(=O)N(CCC(=O)O)Cc1ccc(F)c(F)c1. The Hall–Kier alpha value is -2.03. The van der Waals surface area contributed by atoms with Crippen molar-refractivity contribution in [3.05, 3.63) is 35.4 Å². The molecule has 0 aliphatic rings. The number of hydrogen-bond donors (Lipinski definition) is 1. The van der Waals surface area contributed by atoms with E-state index in [1.165, 1.54) is 26.8 Å². The molecular weight excluding hydrogens is 356 g/mol. The van der Waals surface area contributed by atoms with Crippen molar-refractivity contribution in [1.82, 2.24) is 4.90 Å². The van der Waals surface area contributed by atoms with Crippen LogP contribution in [0.1, 0.15) is 32.8 Å². The largest absolute Gasteiger partial charge is 0.481 e. The molecule has 1 aromatic carbocycles. The van der Waals surface area contributed by atoms with Gasteiger partial charge in [-0.15, -0.1) is 0 Å². The summed E-state index contributed by atoms with van der Waals surface area (Å²) in [7, 11) is -3.76. The average molecular weight is 377 g/mol. The van der Waals surface area contributed by atoms with E-state index in [9.17, 15) is 26.8 Å². The highest BCUT2D eigenvalue weighted by Crippen LogP contribution is 2.18. The fourth-order valence-electron chi connectivity index (χ4n) is 1.85. The van der Waals surface area contributed by atoms with Gasteiger partial charge in [-0.05, 0) is 38.5 Å². The quantitative estimate of drug-likeness (QED) is 0.784. The van der Waals surface area contributed by atoms with E-state index in [0.29, 0.717) is 0 Å². The standard InChI is InChI=1S/C16H21F2NO5S/c1-16(2,3)25(23,24)10-14(20)19(7-6-15(21)22)9-11-4-5-12(17)13(18)8-11/h4-5,8H,6-7,9-10H2,1-3H3,(H,21,22). The summed E-state index contributed by atoms with van der Waals surface area (Å²) in [5.41, 5.74) is 0.228. The van der Waals surface area contributed by atoms with Crippen LogP contribution in [0.4, 0.5) is 8.78 Å². The first-order valence-corrected chi connectivity index (χ1v) is 9.14. The van der Waals surface area contributed by atoms with Crippen LogP contribution in [0.25, 0.3) is 0 Å². The van der Waals surface area contributed by atoms with Gasteiger partial charge in [-0.2, -0.15) is 0 Å². The van der Waals surface area contributed by atoms with E-state index < -0.39 is 50.3 Å². The molecule has 0 atom stereocenters. The highest BCUT2D eigenvalue weighted by Gasteiger charge is 2.33. The lowest BCUT2D eigenvalue weighted by Crippen LogP contribution is -2.41. The summed E-state index contributed by atoms with van der Waals surface area (Å²) >= 11 is 0. The molecule has 140 valence electrons. The average Bonchev–Trinajstić information content (AvgIpc) is 2.45. The van der Waals surface area contributed by atoms with E-state index in [1.54, 1.807) is 0 Å². The number of carbonyl (C=O) groups excluding carboxylic acids is 1. The molecule has 0 unspecified atom stereocenters. The lowest BCUT2D eigenvalue weighted by atomic mass is 10.2. The number of rotatable bonds is 7. The summed E-state index contributed by atoms with van der Waals surface area (Å²) in [6.07, 6.45) is -0.398. The Labute approximate surface area is 145 Å². The number of halogens is 2. The maximum Gasteiger partial charge on any atom is 0.305 e. The van der Waals surface area contributed by atoms with Crippen molar-refractivity contribution < 1.29 is 31.9 Å². The van der Waals surface area contributed by atoms with E-state index in [1.807, 2.05) is 0 Å². The van der Waals surface area contributed by atoms with Crippen molar-refractivity contribution in [2.75, 3.05) is 12.3 Å². The number of sulfone groups is 1. The molecular formula is C16H21F2NO5S. The summed E-state index contributed by atoms with van der Waals surface area (Å²) in [4.78, 5) is 24.1. The molecule has 9 heteroatoms. The third-order valence-corrected chi connectivity index (χ3v) is 6.05. The number of nitrogens with zero attached hydrogens (tertiary/aromatic N) is 1. The van der Waals surface area contributed by atoms with Crippen LogP contribution in [-0.2, 0) is 26.0 Å². The molecule has 0 spiro atoms.